The van der Waals surface area contributed by atoms with Crippen LogP contribution in [0.5, 0.6) is 0 Å². The van der Waals surface area contributed by atoms with Crippen LogP contribution in [0, 0.1) is 16.2 Å². The number of carbonyl (C=O) groups is 1. The summed E-state index contributed by atoms with van der Waals surface area (Å²) in [6, 6.07) is 0. The molecule has 120 valence electrons. The number of allylic oxidation sites excluding steroid dienone is 2. The van der Waals surface area contributed by atoms with Crippen LogP contribution in [-0.2, 0) is 4.79 Å². The zero-order valence-electron chi connectivity index (χ0n) is 14.4. The molecule has 0 aliphatic heterocycles. The largest absolute Gasteiger partial charge is 0.481 e. The minimum Gasteiger partial charge on any atom is -0.481 e. The van der Waals surface area contributed by atoms with Gasteiger partial charge in [0.2, 0.25) is 0 Å². The first-order chi connectivity index (χ1) is 9.29. The molecule has 2 N–H and O–H groups in total. The first kappa shape index (κ1) is 18.0. The molecule has 0 aromatic carbocycles. The molecule has 0 heterocycles. The van der Waals surface area contributed by atoms with Gasteiger partial charge < -0.3 is 10.2 Å². The van der Waals surface area contributed by atoms with E-state index >= 15 is 0 Å². The van der Waals surface area contributed by atoms with Gasteiger partial charge >= 0.3 is 5.97 Å². The fourth-order valence-electron chi connectivity index (χ4n) is 2.76. The van der Waals surface area contributed by atoms with E-state index in [-0.39, 0.29) is 17.3 Å². The number of rotatable bonds is 3. The van der Waals surface area contributed by atoms with Crippen LogP contribution in [0.3, 0.4) is 0 Å². The van der Waals surface area contributed by atoms with E-state index in [0.717, 1.165) is 11.1 Å². The second-order valence-electron chi connectivity index (χ2n) is 8.40. The Morgan fingerprint density at radius 3 is 2.14 bits per heavy atom. The highest BCUT2D eigenvalue weighted by Crippen LogP contribution is 2.51. The van der Waals surface area contributed by atoms with Gasteiger partial charge in [-0.15, -0.1) is 0 Å². The fourth-order valence-corrected chi connectivity index (χ4v) is 2.76. The third-order valence-corrected chi connectivity index (χ3v) is 4.80. The Morgan fingerprint density at radius 1 is 1.24 bits per heavy atom. The maximum Gasteiger partial charge on any atom is 0.303 e. The van der Waals surface area contributed by atoms with Crippen molar-refractivity contribution in [2.45, 2.75) is 67.4 Å². The quantitative estimate of drug-likeness (QED) is 0.821. The standard InChI is InChI=1S/C18H30O3/c1-16(2,3)13-10-12(8-9-14(19)20)11-18(7,15(13)21)17(4,5)6/h10-11,15,21H,8-9H2,1-7H3,(H,19,20). The molecule has 0 fully saturated rings. The Bertz CT molecular complexity index is 472. The fraction of sp³-hybridized carbons (Fsp3) is 0.722. The molecule has 2 unspecified atom stereocenters. The molecule has 2 atom stereocenters. The lowest BCUT2D eigenvalue weighted by molar-refractivity contribution is -0.136. The average molecular weight is 294 g/mol. The number of carboxylic acids is 1. The molecule has 0 amide bonds. The summed E-state index contributed by atoms with van der Waals surface area (Å²) >= 11 is 0. The van der Waals surface area contributed by atoms with Gasteiger partial charge in [-0.25, -0.2) is 0 Å². The van der Waals surface area contributed by atoms with Gasteiger partial charge in [0.15, 0.2) is 0 Å². The number of carboxylic acid groups (broad SMARTS) is 1. The van der Waals surface area contributed by atoms with Gasteiger partial charge in [-0.05, 0) is 22.8 Å². The van der Waals surface area contributed by atoms with Crippen molar-refractivity contribution in [1.82, 2.24) is 0 Å². The van der Waals surface area contributed by atoms with Crippen LogP contribution in [0.2, 0.25) is 0 Å². The van der Waals surface area contributed by atoms with Crippen LogP contribution >= 0.6 is 0 Å². The number of aliphatic hydroxyl groups is 1. The first-order valence-electron chi connectivity index (χ1n) is 7.63. The van der Waals surface area contributed by atoms with Crippen LogP contribution in [0.25, 0.3) is 0 Å². The smallest absolute Gasteiger partial charge is 0.303 e. The van der Waals surface area contributed by atoms with Crippen LogP contribution in [0.15, 0.2) is 23.3 Å². The van der Waals surface area contributed by atoms with E-state index in [1.165, 1.54) is 0 Å². The van der Waals surface area contributed by atoms with Crippen molar-refractivity contribution in [3.63, 3.8) is 0 Å². The summed E-state index contributed by atoms with van der Waals surface area (Å²) in [6.07, 6.45) is 4.16. The molecule has 0 saturated heterocycles. The van der Waals surface area contributed by atoms with Crippen molar-refractivity contribution in [3.8, 4) is 0 Å². The molecular formula is C18H30O3. The van der Waals surface area contributed by atoms with Gasteiger partial charge in [0.05, 0.1) is 6.10 Å². The summed E-state index contributed by atoms with van der Waals surface area (Å²) in [5.74, 6) is -0.787. The van der Waals surface area contributed by atoms with Crippen LogP contribution in [0.4, 0.5) is 0 Å². The van der Waals surface area contributed by atoms with Crippen molar-refractivity contribution < 1.29 is 15.0 Å². The summed E-state index contributed by atoms with van der Waals surface area (Å²) < 4.78 is 0. The molecule has 0 saturated carbocycles. The van der Waals surface area contributed by atoms with Gasteiger partial charge in [0.25, 0.3) is 0 Å². The lowest BCUT2D eigenvalue weighted by Gasteiger charge is -2.49. The van der Waals surface area contributed by atoms with Gasteiger partial charge in [0.1, 0.15) is 0 Å². The molecule has 1 aliphatic rings. The Kier molecular flexibility index (Phi) is 4.79. The monoisotopic (exact) mass is 294 g/mol. The minimum atomic E-state index is -0.787. The summed E-state index contributed by atoms with van der Waals surface area (Å²) in [6.45, 7) is 14.7. The van der Waals surface area contributed by atoms with Crippen molar-refractivity contribution in [2.24, 2.45) is 16.2 Å². The number of aliphatic carboxylic acids is 1. The van der Waals surface area contributed by atoms with E-state index in [1.807, 2.05) is 6.08 Å². The number of aliphatic hydroxyl groups excluding tert-OH is 1. The third kappa shape index (κ3) is 3.76. The van der Waals surface area contributed by atoms with Gasteiger partial charge in [-0.3, -0.25) is 4.79 Å². The average Bonchev–Trinajstić information content (AvgIpc) is 2.27. The molecule has 0 bridgehead atoms. The highest BCUT2D eigenvalue weighted by molar-refractivity contribution is 5.67. The Balaban J connectivity index is 3.30. The van der Waals surface area contributed by atoms with Gasteiger partial charge in [-0.1, -0.05) is 66.2 Å². The third-order valence-electron chi connectivity index (χ3n) is 4.80. The second-order valence-corrected chi connectivity index (χ2v) is 8.40. The summed E-state index contributed by atoms with van der Waals surface area (Å²) in [5, 5.41) is 19.8. The van der Waals surface area contributed by atoms with Crippen LogP contribution in [0.1, 0.15) is 61.3 Å². The predicted molar refractivity (Wildman–Crippen MR) is 86.1 cm³/mol. The Hall–Kier alpha value is -1.09. The molecule has 3 heteroatoms. The maximum absolute atomic E-state index is 10.9. The normalized spacial score (nSPS) is 27.1. The molecule has 0 aromatic rings. The molecule has 1 aliphatic carbocycles. The zero-order chi connectivity index (χ0) is 16.6. The summed E-state index contributed by atoms with van der Waals surface area (Å²) in [7, 11) is 0. The topological polar surface area (TPSA) is 57.5 Å². The van der Waals surface area contributed by atoms with E-state index in [4.69, 9.17) is 5.11 Å². The predicted octanol–water partition coefficient (Wildman–Crippen LogP) is 4.18. The first-order valence-corrected chi connectivity index (χ1v) is 7.63. The van der Waals surface area contributed by atoms with Crippen LogP contribution < -0.4 is 0 Å². The maximum atomic E-state index is 10.9. The van der Waals surface area contributed by atoms with E-state index < -0.39 is 17.5 Å². The van der Waals surface area contributed by atoms with E-state index in [1.54, 1.807) is 0 Å². The molecule has 0 aromatic heterocycles. The molecule has 3 nitrogen and oxygen atoms in total. The minimum absolute atomic E-state index is 0.119. The SMILES string of the molecule is CC(C)(C)C1=CC(CCC(=O)O)=CC(C)(C(C)(C)C)C1O. The molecule has 21 heavy (non-hydrogen) atoms. The molecule has 0 radical (unpaired) electrons. The number of hydrogen-bond acceptors (Lipinski definition) is 2. The lowest BCUT2D eigenvalue weighted by atomic mass is 9.58. The zero-order valence-corrected chi connectivity index (χ0v) is 14.4. The highest BCUT2D eigenvalue weighted by Gasteiger charge is 2.47. The summed E-state index contributed by atoms with van der Waals surface area (Å²) in [5.41, 5.74) is 1.34. The molecular weight excluding hydrogens is 264 g/mol. The van der Waals surface area contributed by atoms with Crippen LogP contribution in [-0.4, -0.2) is 22.3 Å². The summed E-state index contributed by atoms with van der Waals surface area (Å²) in [4.78, 5) is 10.8. The Morgan fingerprint density at radius 2 is 1.76 bits per heavy atom. The number of hydrogen-bond donors (Lipinski definition) is 2. The van der Waals surface area contributed by atoms with E-state index in [0.29, 0.717) is 6.42 Å². The molecule has 1 rings (SSSR count). The van der Waals surface area contributed by atoms with Crippen molar-refractivity contribution >= 4 is 5.97 Å². The molecule has 0 spiro atoms. The van der Waals surface area contributed by atoms with Crippen molar-refractivity contribution in [2.75, 3.05) is 0 Å². The van der Waals surface area contributed by atoms with Gasteiger partial charge in [-0.2, -0.15) is 0 Å². The van der Waals surface area contributed by atoms with Crippen molar-refractivity contribution in [1.29, 1.82) is 0 Å². The van der Waals surface area contributed by atoms with Crippen molar-refractivity contribution in [3.05, 3.63) is 23.3 Å². The highest BCUT2D eigenvalue weighted by atomic mass is 16.4. The van der Waals surface area contributed by atoms with Gasteiger partial charge in [0, 0.05) is 11.8 Å². The second kappa shape index (κ2) is 5.60. The van der Waals surface area contributed by atoms with E-state index in [9.17, 15) is 9.90 Å². The Labute approximate surface area is 128 Å². The lowest BCUT2D eigenvalue weighted by Crippen LogP contribution is -2.46. The van der Waals surface area contributed by atoms with E-state index in [2.05, 4.69) is 54.5 Å².